The molecule has 12 heavy (non-hydrogen) atoms. The molecular weight excluding hydrogens is 164 g/mol. The van der Waals surface area contributed by atoms with Gasteiger partial charge in [-0.25, -0.2) is 0 Å². The summed E-state index contributed by atoms with van der Waals surface area (Å²) >= 11 is 0. The maximum Gasteiger partial charge on any atom is 0.184 e. The number of hydrogen-bond donors (Lipinski definition) is 0. The van der Waals surface area contributed by atoms with Gasteiger partial charge in [-0.3, -0.25) is 0 Å². The molecule has 0 bridgehead atoms. The summed E-state index contributed by atoms with van der Waals surface area (Å²) in [4.78, 5) is 0. The summed E-state index contributed by atoms with van der Waals surface area (Å²) < 4.78 is 6.09. The Kier molecular flexibility index (Phi) is 3.35. The van der Waals surface area contributed by atoms with Crippen LogP contribution in [-0.4, -0.2) is 14.4 Å². The first kappa shape index (κ1) is 10.3. The lowest BCUT2D eigenvalue weighted by atomic mass is 9.89. The van der Waals surface area contributed by atoms with Gasteiger partial charge < -0.3 is 4.43 Å². The lowest BCUT2D eigenvalue weighted by molar-refractivity contribution is 0.123. The molecule has 0 heterocycles. The van der Waals surface area contributed by atoms with E-state index >= 15 is 0 Å². The van der Waals surface area contributed by atoms with Crippen LogP contribution in [0.1, 0.15) is 32.6 Å². The van der Waals surface area contributed by atoms with Crippen molar-refractivity contribution in [2.24, 2.45) is 5.92 Å². The van der Waals surface area contributed by atoms with Gasteiger partial charge in [0, 0.05) is 6.10 Å². The summed E-state index contributed by atoms with van der Waals surface area (Å²) in [5, 5.41) is 0. The lowest BCUT2D eigenvalue weighted by Gasteiger charge is -2.32. The van der Waals surface area contributed by atoms with E-state index in [-0.39, 0.29) is 0 Å². The standard InChI is InChI=1S/C10H22OSi/c1-9-6-5-7-10(8-9)11-12(2,3)4/h9-10H,5-8H2,1-4H3/t9-,10+/m1/s1. The first-order valence-electron chi connectivity index (χ1n) is 5.15. The SMILES string of the molecule is C[C@@H]1CCC[C@H](O[Si](C)(C)C)C1. The minimum absolute atomic E-state index is 0.584. The van der Waals surface area contributed by atoms with Crippen LogP contribution in [0.25, 0.3) is 0 Å². The van der Waals surface area contributed by atoms with Crippen LogP contribution in [0.3, 0.4) is 0 Å². The molecule has 0 aromatic rings. The summed E-state index contributed by atoms with van der Waals surface area (Å²) in [6.45, 7) is 9.20. The Morgan fingerprint density at radius 3 is 2.33 bits per heavy atom. The third-order valence-electron chi connectivity index (χ3n) is 2.41. The fourth-order valence-corrected chi connectivity index (χ4v) is 3.20. The quantitative estimate of drug-likeness (QED) is 0.600. The Morgan fingerprint density at radius 1 is 1.17 bits per heavy atom. The molecule has 0 amide bonds. The highest BCUT2D eigenvalue weighted by molar-refractivity contribution is 6.69. The summed E-state index contributed by atoms with van der Waals surface area (Å²) in [5.41, 5.74) is 0. The third kappa shape index (κ3) is 3.72. The zero-order chi connectivity index (χ0) is 9.19. The molecule has 1 aliphatic rings. The van der Waals surface area contributed by atoms with E-state index in [1.165, 1.54) is 25.7 Å². The lowest BCUT2D eigenvalue weighted by Crippen LogP contribution is -2.34. The van der Waals surface area contributed by atoms with Crippen LogP contribution in [0.4, 0.5) is 0 Å². The maximum atomic E-state index is 6.09. The van der Waals surface area contributed by atoms with E-state index in [1.807, 2.05) is 0 Å². The molecular formula is C10H22OSi. The fourth-order valence-electron chi connectivity index (χ4n) is 1.99. The molecule has 0 aromatic carbocycles. The van der Waals surface area contributed by atoms with E-state index in [1.54, 1.807) is 0 Å². The van der Waals surface area contributed by atoms with Crippen molar-refractivity contribution in [1.82, 2.24) is 0 Å². The Morgan fingerprint density at radius 2 is 1.83 bits per heavy atom. The van der Waals surface area contributed by atoms with Crippen molar-refractivity contribution in [2.45, 2.75) is 58.4 Å². The molecule has 72 valence electrons. The topological polar surface area (TPSA) is 9.23 Å². The fraction of sp³-hybridized carbons (Fsp3) is 1.00. The average Bonchev–Trinajstić information content (AvgIpc) is 1.82. The summed E-state index contributed by atoms with van der Waals surface area (Å²) in [6.07, 6.45) is 5.96. The van der Waals surface area contributed by atoms with Gasteiger partial charge in [-0.15, -0.1) is 0 Å². The Balaban J connectivity index is 2.32. The summed E-state index contributed by atoms with van der Waals surface area (Å²) in [5.74, 6) is 0.889. The molecule has 0 saturated heterocycles. The highest BCUT2D eigenvalue weighted by atomic mass is 28.4. The van der Waals surface area contributed by atoms with E-state index in [0.717, 1.165) is 5.92 Å². The summed E-state index contributed by atoms with van der Waals surface area (Å²) in [6, 6.07) is 0. The second-order valence-corrected chi connectivity index (χ2v) is 9.58. The second kappa shape index (κ2) is 3.92. The monoisotopic (exact) mass is 186 g/mol. The van der Waals surface area contributed by atoms with Crippen LogP contribution in [-0.2, 0) is 4.43 Å². The van der Waals surface area contributed by atoms with Crippen LogP contribution in [0.15, 0.2) is 0 Å². The van der Waals surface area contributed by atoms with Crippen molar-refractivity contribution in [3.8, 4) is 0 Å². The van der Waals surface area contributed by atoms with Crippen LogP contribution in [0, 0.1) is 5.92 Å². The Labute approximate surface area is 77.6 Å². The van der Waals surface area contributed by atoms with Crippen LogP contribution in [0.5, 0.6) is 0 Å². The first-order chi connectivity index (χ1) is 5.47. The van der Waals surface area contributed by atoms with Crippen molar-refractivity contribution in [3.63, 3.8) is 0 Å². The molecule has 0 radical (unpaired) electrons. The van der Waals surface area contributed by atoms with Gasteiger partial charge in [0.15, 0.2) is 8.32 Å². The van der Waals surface area contributed by atoms with Gasteiger partial charge in [0.05, 0.1) is 0 Å². The van der Waals surface area contributed by atoms with Crippen molar-refractivity contribution in [3.05, 3.63) is 0 Å². The number of rotatable bonds is 2. The van der Waals surface area contributed by atoms with E-state index < -0.39 is 8.32 Å². The van der Waals surface area contributed by atoms with Crippen LogP contribution < -0.4 is 0 Å². The molecule has 2 atom stereocenters. The second-order valence-electron chi connectivity index (χ2n) is 5.12. The normalized spacial score (nSPS) is 32.0. The Hall–Kier alpha value is 0.177. The molecule has 1 saturated carbocycles. The molecule has 0 aromatic heterocycles. The zero-order valence-electron chi connectivity index (χ0n) is 8.89. The van der Waals surface area contributed by atoms with Gasteiger partial charge in [0.1, 0.15) is 0 Å². The zero-order valence-corrected chi connectivity index (χ0v) is 9.89. The maximum absolute atomic E-state index is 6.09. The molecule has 1 fully saturated rings. The summed E-state index contributed by atoms with van der Waals surface area (Å²) in [7, 11) is -1.27. The van der Waals surface area contributed by atoms with Gasteiger partial charge in [0.25, 0.3) is 0 Å². The predicted molar refractivity (Wildman–Crippen MR) is 55.9 cm³/mol. The minimum Gasteiger partial charge on any atom is -0.415 e. The highest BCUT2D eigenvalue weighted by Gasteiger charge is 2.25. The van der Waals surface area contributed by atoms with Gasteiger partial charge in [-0.1, -0.05) is 19.8 Å². The smallest absolute Gasteiger partial charge is 0.184 e. The molecule has 0 unspecified atom stereocenters. The number of hydrogen-bond acceptors (Lipinski definition) is 1. The molecule has 1 aliphatic carbocycles. The van der Waals surface area contributed by atoms with Crippen LogP contribution in [0.2, 0.25) is 19.6 Å². The van der Waals surface area contributed by atoms with Gasteiger partial charge in [0.2, 0.25) is 0 Å². The highest BCUT2D eigenvalue weighted by Crippen LogP contribution is 2.27. The van der Waals surface area contributed by atoms with Gasteiger partial charge in [-0.2, -0.15) is 0 Å². The largest absolute Gasteiger partial charge is 0.415 e. The molecule has 1 nitrogen and oxygen atoms in total. The van der Waals surface area contributed by atoms with Crippen molar-refractivity contribution in [2.75, 3.05) is 0 Å². The van der Waals surface area contributed by atoms with E-state index in [2.05, 4.69) is 26.6 Å². The van der Waals surface area contributed by atoms with Crippen molar-refractivity contribution in [1.29, 1.82) is 0 Å². The third-order valence-corrected chi connectivity index (χ3v) is 3.45. The van der Waals surface area contributed by atoms with Crippen molar-refractivity contribution < 1.29 is 4.43 Å². The van der Waals surface area contributed by atoms with E-state index in [9.17, 15) is 0 Å². The van der Waals surface area contributed by atoms with E-state index in [0.29, 0.717) is 6.10 Å². The van der Waals surface area contributed by atoms with Crippen LogP contribution >= 0.6 is 0 Å². The molecule has 0 aliphatic heterocycles. The van der Waals surface area contributed by atoms with Crippen molar-refractivity contribution >= 4 is 8.32 Å². The minimum atomic E-state index is -1.27. The Bertz CT molecular complexity index is 139. The molecule has 0 spiro atoms. The first-order valence-corrected chi connectivity index (χ1v) is 8.56. The average molecular weight is 186 g/mol. The predicted octanol–water partition coefficient (Wildman–Crippen LogP) is 3.42. The molecule has 1 rings (SSSR count). The van der Waals surface area contributed by atoms with Gasteiger partial charge in [-0.05, 0) is 38.4 Å². The van der Waals surface area contributed by atoms with E-state index in [4.69, 9.17) is 4.43 Å². The molecule has 2 heteroatoms. The van der Waals surface area contributed by atoms with Gasteiger partial charge >= 0.3 is 0 Å². The molecule has 0 N–H and O–H groups in total.